The number of nitrogens with zero attached hydrogens (tertiary/aromatic N) is 1. The van der Waals surface area contributed by atoms with E-state index in [1.54, 1.807) is 4.90 Å². The quantitative estimate of drug-likeness (QED) is 0.807. The number of carbonyl (C=O) groups is 2. The van der Waals surface area contributed by atoms with E-state index in [4.69, 9.17) is 5.11 Å². The Kier molecular flexibility index (Phi) is 2.57. The normalized spacial score (nSPS) is 42.4. The van der Waals surface area contributed by atoms with Crippen LogP contribution in [0, 0.1) is 23.7 Å². The minimum atomic E-state index is -0.788. The van der Waals surface area contributed by atoms with Crippen LogP contribution in [0.15, 0.2) is 0 Å². The number of hydrogen-bond acceptors (Lipinski definition) is 2. The average molecular weight is 278 g/mol. The molecule has 20 heavy (non-hydrogen) atoms. The lowest BCUT2D eigenvalue weighted by Gasteiger charge is -2.57. The lowest BCUT2D eigenvalue weighted by Crippen LogP contribution is -2.65. The maximum Gasteiger partial charge on any atom is 0.317 e. The number of rotatable bonds is 2. The monoisotopic (exact) mass is 278 g/mol. The Balaban J connectivity index is 1.40. The fourth-order valence-corrected chi connectivity index (χ4v) is 5.37. The van der Waals surface area contributed by atoms with Gasteiger partial charge in [0.2, 0.25) is 0 Å². The number of likely N-dealkylation sites (tertiary alicyclic amines) is 1. The van der Waals surface area contributed by atoms with Crippen LogP contribution in [0.5, 0.6) is 0 Å². The molecule has 5 aliphatic rings. The first kappa shape index (κ1) is 12.5. The Morgan fingerprint density at radius 1 is 1.00 bits per heavy atom. The molecule has 5 nitrogen and oxygen atoms in total. The zero-order valence-corrected chi connectivity index (χ0v) is 11.7. The Hall–Kier alpha value is -1.26. The SMILES string of the molecule is O=C(O)C1CN(C(=O)NC23CC4CC(CC(C4)C2)C3)C1. The summed E-state index contributed by atoms with van der Waals surface area (Å²) >= 11 is 0. The highest BCUT2D eigenvalue weighted by atomic mass is 16.4. The van der Waals surface area contributed by atoms with E-state index in [0.717, 1.165) is 37.0 Å². The summed E-state index contributed by atoms with van der Waals surface area (Å²) in [7, 11) is 0. The predicted molar refractivity (Wildman–Crippen MR) is 72.1 cm³/mol. The number of nitrogens with one attached hydrogen (secondary N) is 1. The molecular formula is C15H22N2O3. The highest BCUT2D eigenvalue weighted by Crippen LogP contribution is 2.55. The van der Waals surface area contributed by atoms with Gasteiger partial charge in [-0.1, -0.05) is 0 Å². The summed E-state index contributed by atoms with van der Waals surface area (Å²) < 4.78 is 0. The summed E-state index contributed by atoms with van der Waals surface area (Å²) in [5, 5.41) is 12.2. The van der Waals surface area contributed by atoms with E-state index in [1.165, 1.54) is 19.3 Å². The second-order valence-corrected chi connectivity index (χ2v) is 7.57. The molecule has 1 aliphatic heterocycles. The molecule has 0 unspecified atom stereocenters. The van der Waals surface area contributed by atoms with Crippen molar-refractivity contribution in [1.29, 1.82) is 0 Å². The maximum atomic E-state index is 12.3. The van der Waals surface area contributed by atoms with E-state index in [2.05, 4.69) is 5.32 Å². The molecule has 2 amide bonds. The van der Waals surface area contributed by atoms with Crippen LogP contribution in [-0.2, 0) is 4.79 Å². The van der Waals surface area contributed by atoms with Crippen LogP contribution in [0.2, 0.25) is 0 Å². The molecule has 0 atom stereocenters. The minimum absolute atomic E-state index is 0.0279. The molecule has 5 rings (SSSR count). The molecule has 1 saturated heterocycles. The summed E-state index contributed by atoms with van der Waals surface area (Å²) in [6, 6.07) is -0.0375. The third-order valence-corrected chi connectivity index (χ3v) is 5.93. The lowest BCUT2D eigenvalue weighted by molar-refractivity contribution is -0.146. The average Bonchev–Trinajstić information content (AvgIpc) is 2.22. The summed E-state index contributed by atoms with van der Waals surface area (Å²) in [5.74, 6) is 1.28. The molecule has 5 heteroatoms. The van der Waals surface area contributed by atoms with Crippen LogP contribution in [0.1, 0.15) is 38.5 Å². The van der Waals surface area contributed by atoms with Crippen molar-refractivity contribution in [3.05, 3.63) is 0 Å². The summed E-state index contributed by atoms with van der Waals surface area (Å²) in [5.41, 5.74) is 0.0279. The van der Waals surface area contributed by atoms with Gasteiger partial charge in [0.25, 0.3) is 0 Å². The van der Waals surface area contributed by atoms with Gasteiger partial charge in [-0.05, 0) is 56.3 Å². The molecule has 0 aromatic carbocycles. The number of carboxylic acid groups (broad SMARTS) is 1. The predicted octanol–water partition coefficient (Wildman–Crippen LogP) is 1.68. The minimum Gasteiger partial charge on any atom is -0.481 e. The smallest absolute Gasteiger partial charge is 0.317 e. The topological polar surface area (TPSA) is 69.6 Å². The van der Waals surface area contributed by atoms with Crippen molar-refractivity contribution in [2.75, 3.05) is 13.1 Å². The zero-order chi connectivity index (χ0) is 13.9. The molecule has 0 aromatic heterocycles. The fraction of sp³-hybridized carbons (Fsp3) is 0.867. The van der Waals surface area contributed by atoms with Gasteiger partial charge in [-0.2, -0.15) is 0 Å². The van der Waals surface area contributed by atoms with Crippen LogP contribution in [-0.4, -0.2) is 40.6 Å². The van der Waals surface area contributed by atoms with Crippen LogP contribution in [0.3, 0.4) is 0 Å². The lowest BCUT2D eigenvalue weighted by atomic mass is 9.53. The van der Waals surface area contributed by atoms with Crippen molar-refractivity contribution >= 4 is 12.0 Å². The third kappa shape index (κ3) is 1.90. The van der Waals surface area contributed by atoms with Gasteiger partial charge in [0, 0.05) is 18.6 Å². The van der Waals surface area contributed by atoms with E-state index in [-0.39, 0.29) is 17.5 Å². The van der Waals surface area contributed by atoms with E-state index >= 15 is 0 Å². The van der Waals surface area contributed by atoms with E-state index in [0.29, 0.717) is 13.1 Å². The number of hydrogen-bond donors (Lipinski definition) is 2. The standard InChI is InChI=1S/C15H22N2O3/c18-13(19)12-7-17(8-12)14(20)16-15-4-9-1-10(5-15)3-11(2-9)6-15/h9-12H,1-8H2,(H,16,20)(H,18,19). The summed E-state index contributed by atoms with van der Waals surface area (Å²) in [6.45, 7) is 0.737. The molecule has 110 valence electrons. The number of aliphatic carboxylic acids is 1. The number of amides is 2. The zero-order valence-electron chi connectivity index (χ0n) is 11.7. The van der Waals surface area contributed by atoms with Gasteiger partial charge in [0.05, 0.1) is 5.92 Å². The maximum absolute atomic E-state index is 12.3. The van der Waals surface area contributed by atoms with Gasteiger partial charge in [-0.15, -0.1) is 0 Å². The Morgan fingerprint density at radius 2 is 1.50 bits per heavy atom. The van der Waals surface area contributed by atoms with Crippen molar-refractivity contribution in [2.45, 2.75) is 44.1 Å². The van der Waals surface area contributed by atoms with E-state index < -0.39 is 5.97 Å². The van der Waals surface area contributed by atoms with Crippen LogP contribution >= 0.6 is 0 Å². The van der Waals surface area contributed by atoms with Gasteiger partial charge >= 0.3 is 12.0 Å². The molecule has 4 saturated carbocycles. The molecule has 1 heterocycles. The van der Waals surface area contributed by atoms with Crippen LogP contribution < -0.4 is 5.32 Å². The molecule has 5 fully saturated rings. The summed E-state index contributed by atoms with van der Waals surface area (Å²) in [4.78, 5) is 24.8. The second-order valence-electron chi connectivity index (χ2n) is 7.57. The Bertz CT molecular complexity index is 421. The molecule has 0 radical (unpaired) electrons. The summed E-state index contributed by atoms with van der Waals surface area (Å²) in [6.07, 6.45) is 7.50. The molecular weight excluding hydrogens is 256 g/mol. The van der Waals surface area contributed by atoms with Crippen molar-refractivity contribution in [3.63, 3.8) is 0 Å². The Morgan fingerprint density at radius 3 is 1.95 bits per heavy atom. The number of carbonyl (C=O) groups excluding carboxylic acids is 1. The van der Waals surface area contributed by atoms with Gasteiger partial charge in [-0.3, -0.25) is 4.79 Å². The van der Waals surface area contributed by atoms with Gasteiger partial charge in [-0.25, -0.2) is 4.79 Å². The highest BCUT2D eigenvalue weighted by Gasteiger charge is 2.52. The van der Waals surface area contributed by atoms with Gasteiger partial charge < -0.3 is 15.3 Å². The first-order valence-electron chi connectivity index (χ1n) is 7.83. The van der Waals surface area contributed by atoms with Crippen molar-refractivity contribution in [1.82, 2.24) is 10.2 Å². The van der Waals surface area contributed by atoms with Crippen molar-refractivity contribution in [2.24, 2.45) is 23.7 Å². The Labute approximate surface area is 118 Å². The highest BCUT2D eigenvalue weighted by molar-refractivity contribution is 5.80. The first-order valence-corrected chi connectivity index (χ1v) is 7.83. The van der Waals surface area contributed by atoms with Gasteiger partial charge in [0.15, 0.2) is 0 Å². The second kappa shape index (κ2) is 4.12. The van der Waals surface area contributed by atoms with Crippen molar-refractivity contribution in [3.8, 4) is 0 Å². The van der Waals surface area contributed by atoms with E-state index in [1.807, 2.05) is 0 Å². The molecule has 0 spiro atoms. The molecule has 4 aliphatic carbocycles. The van der Waals surface area contributed by atoms with E-state index in [9.17, 15) is 9.59 Å². The first-order chi connectivity index (χ1) is 9.53. The molecule has 2 N–H and O–H groups in total. The molecule has 0 aromatic rings. The van der Waals surface area contributed by atoms with Crippen molar-refractivity contribution < 1.29 is 14.7 Å². The van der Waals surface area contributed by atoms with Crippen LogP contribution in [0.25, 0.3) is 0 Å². The number of urea groups is 1. The third-order valence-electron chi connectivity index (χ3n) is 5.93. The fourth-order valence-electron chi connectivity index (χ4n) is 5.37. The molecule has 4 bridgehead atoms. The van der Waals surface area contributed by atoms with Crippen LogP contribution in [0.4, 0.5) is 4.79 Å². The largest absolute Gasteiger partial charge is 0.481 e. The van der Waals surface area contributed by atoms with Gasteiger partial charge in [0.1, 0.15) is 0 Å². The number of carboxylic acids is 1.